The molecule has 1 N–H and O–H groups in total. The van der Waals surface area contributed by atoms with Gasteiger partial charge in [0.05, 0.1) is 0 Å². The van der Waals surface area contributed by atoms with Crippen molar-refractivity contribution in [3.05, 3.63) is 58.2 Å². The van der Waals surface area contributed by atoms with Gasteiger partial charge in [0.2, 0.25) is 0 Å². The number of halogens is 1. The molecule has 2 rings (SSSR count). The van der Waals surface area contributed by atoms with Gasteiger partial charge in [-0.15, -0.1) is 0 Å². The SMILES string of the molecule is Cc1cc(NC(C)(C)CCc2ccccc2)ncc1Br. The Morgan fingerprint density at radius 2 is 1.90 bits per heavy atom. The molecule has 0 saturated carbocycles. The van der Waals surface area contributed by atoms with E-state index in [2.05, 4.69) is 83.4 Å². The number of pyridine rings is 1. The average molecular weight is 333 g/mol. The van der Waals surface area contributed by atoms with E-state index < -0.39 is 0 Å². The van der Waals surface area contributed by atoms with Gasteiger partial charge < -0.3 is 5.32 Å². The molecule has 0 saturated heterocycles. The van der Waals surface area contributed by atoms with Crippen LogP contribution in [0, 0.1) is 6.92 Å². The Kier molecular flexibility index (Phi) is 4.81. The summed E-state index contributed by atoms with van der Waals surface area (Å²) >= 11 is 3.48. The van der Waals surface area contributed by atoms with Crippen LogP contribution in [0.4, 0.5) is 5.82 Å². The predicted octanol–water partition coefficient (Wildman–Crippen LogP) is 4.98. The maximum absolute atomic E-state index is 4.42. The Labute approximate surface area is 129 Å². The van der Waals surface area contributed by atoms with Crippen molar-refractivity contribution < 1.29 is 0 Å². The molecule has 0 aliphatic carbocycles. The first kappa shape index (κ1) is 15.0. The summed E-state index contributed by atoms with van der Waals surface area (Å²) in [5, 5.41) is 3.52. The number of rotatable bonds is 5. The molecule has 1 heterocycles. The van der Waals surface area contributed by atoms with E-state index in [0.717, 1.165) is 23.1 Å². The third kappa shape index (κ3) is 4.34. The molecule has 1 aromatic carbocycles. The fourth-order valence-electron chi connectivity index (χ4n) is 2.12. The lowest BCUT2D eigenvalue weighted by Gasteiger charge is -2.27. The van der Waals surface area contributed by atoms with E-state index in [-0.39, 0.29) is 5.54 Å². The van der Waals surface area contributed by atoms with Gasteiger partial charge in [0.25, 0.3) is 0 Å². The summed E-state index contributed by atoms with van der Waals surface area (Å²) in [5.74, 6) is 0.934. The van der Waals surface area contributed by atoms with Crippen molar-refractivity contribution in [2.45, 2.75) is 39.2 Å². The van der Waals surface area contributed by atoms with E-state index >= 15 is 0 Å². The molecule has 2 nitrogen and oxygen atoms in total. The summed E-state index contributed by atoms with van der Waals surface area (Å²) in [6.07, 6.45) is 3.98. The van der Waals surface area contributed by atoms with Gasteiger partial charge in [0.1, 0.15) is 5.82 Å². The molecular weight excluding hydrogens is 312 g/mol. The van der Waals surface area contributed by atoms with Crippen molar-refractivity contribution in [1.82, 2.24) is 4.98 Å². The van der Waals surface area contributed by atoms with Gasteiger partial charge in [0, 0.05) is 16.2 Å². The van der Waals surface area contributed by atoms with Gasteiger partial charge in [-0.25, -0.2) is 4.98 Å². The zero-order valence-corrected chi connectivity index (χ0v) is 13.9. The minimum atomic E-state index is 0.0170. The number of anilines is 1. The van der Waals surface area contributed by atoms with E-state index in [1.54, 1.807) is 0 Å². The van der Waals surface area contributed by atoms with Crippen molar-refractivity contribution in [2.75, 3.05) is 5.32 Å². The molecule has 0 bridgehead atoms. The second kappa shape index (κ2) is 6.40. The Balaban J connectivity index is 1.98. The third-order valence-corrected chi connectivity index (χ3v) is 4.23. The normalized spacial score (nSPS) is 11.4. The minimum absolute atomic E-state index is 0.0170. The summed E-state index contributed by atoms with van der Waals surface area (Å²) in [7, 11) is 0. The van der Waals surface area contributed by atoms with Gasteiger partial charge >= 0.3 is 0 Å². The molecule has 3 heteroatoms. The zero-order chi connectivity index (χ0) is 14.6. The van der Waals surface area contributed by atoms with Crippen LogP contribution in [0.2, 0.25) is 0 Å². The van der Waals surface area contributed by atoms with Gasteiger partial charge in [0.15, 0.2) is 0 Å². The maximum Gasteiger partial charge on any atom is 0.126 e. The number of aromatic nitrogens is 1. The second-order valence-corrected chi connectivity index (χ2v) is 6.67. The van der Waals surface area contributed by atoms with Crippen LogP contribution in [-0.2, 0) is 6.42 Å². The molecule has 20 heavy (non-hydrogen) atoms. The van der Waals surface area contributed by atoms with E-state index in [4.69, 9.17) is 0 Å². The largest absolute Gasteiger partial charge is 0.365 e. The van der Waals surface area contributed by atoms with Crippen LogP contribution in [-0.4, -0.2) is 10.5 Å². The van der Waals surface area contributed by atoms with Gasteiger partial charge in [-0.3, -0.25) is 0 Å². The summed E-state index contributed by atoms with van der Waals surface area (Å²) in [6.45, 7) is 6.51. The summed E-state index contributed by atoms with van der Waals surface area (Å²) in [5.41, 5.74) is 2.59. The van der Waals surface area contributed by atoms with Crippen LogP contribution < -0.4 is 5.32 Å². The number of hydrogen-bond acceptors (Lipinski definition) is 2. The van der Waals surface area contributed by atoms with E-state index in [1.165, 1.54) is 11.1 Å². The zero-order valence-electron chi connectivity index (χ0n) is 12.3. The van der Waals surface area contributed by atoms with Gasteiger partial charge in [-0.1, -0.05) is 30.3 Å². The summed E-state index contributed by atoms with van der Waals surface area (Å²) in [4.78, 5) is 4.42. The molecule has 106 valence electrons. The van der Waals surface area contributed by atoms with Crippen molar-refractivity contribution >= 4 is 21.7 Å². The summed E-state index contributed by atoms with van der Waals surface area (Å²) < 4.78 is 1.05. The van der Waals surface area contributed by atoms with Crippen molar-refractivity contribution in [2.24, 2.45) is 0 Å². The van der Waals surface area contributed by atoms with Crippen LogP contribution in [0.1, 0.15) is 31.4 Å². The number of nitrogens with zero attached hydrogens (tertiary/aromatic N) is 1. The molecule has 0 amide bonds. The third-order valence-electron chi connectivity index (χ3n) is 3.39. The van der Waals surface area contributed by atoms with Crippen LogP contribution in [0.15, 0.2) is 47.1 Å². The highest BCUT2D eigenvalue weighted by Crippen LogP contribution is 2.22. The molecule has 1 aromatic heterocycles. The van der Waals surface area contributed by atoms with Crippen molar-refractivity contribution in [3.8, 4) is 0 Å². The van der Waals surface area contributed by atoms with Crippen LogP contribution in [0.25, 0.3) is 0 Å². The Morgan fingerprint density at radius 3 is 2.55 bits per heavy atom. The highest BCUT2D eigenvalue weighted by molar-refractivity contribution is 9.10. The number of aryl methyl sites for hydroxylation is 2. The molecule has 0 spiro atoms. The Morgan fingerprint density at radius 1 is 1.20 bits per heavy atom. The van der Waals surface area contributed by atoms with E-state index in [1.807, 2.05) is 6.20 Å². The van der Waals surface area contributed by atoms with Crippen LogP contribution in [0.3, 0.4) is 0 Å². The molecular formula is C17H21BrN2. The van der Waals surface area contributed by atoms with Gasteiger partial charge in [-0.2, -0.15) is 0 Å². The molecule has 0 radical (unpaired) electrons. The van der Waals surface area contributed by atoms with Crippen molar-refractivity contribution in [3.63, 3.8) is 0 Å². The lowest BCUT2D eigenvalue weighted by atomic mass is 9.95. The fraction of sp³-hybridized carbons (Fsp3) is 0.353. The number of hydrogen-bond donors (Lipinski definition) is 1. The Hall–Kier alpha value is -1.35. The standard InChI is InChI=1S/C17H21BrN2/c1-13-11-16(19-12-15(13)18)20-17(2,3)10-9-14-7-5-4-6-8-14/h4-8,11-12H,9-10H2,1-3H3,(H,19,20). The quantitative estimate of drug-likeness (QED) is 0.835. The highest BCUT2D eigenvalue weighted by atomic mass is 79.9. The fourth-order valence-corrected chi connectivity index (χ4v) is 2.34. The predicted molar refractivity (Wildman–Crippen MR) is 89.1 cm³/mol. The highest BCUT2D eigenvalue weighted by Gasteiger charge is 2.18. The first-order chi connectivity index (χ1) is 9.46. The second-order valence-electron chi connectivity index (χ2n) is 5.81. The smallest absolute Gasteiger partial charge is 0.126 e. The molecule has 0 atom stereocenters. The maximum atomic E-state index is 4.42. The minimum Gasteiger partial charge on any atom is -0.365 e. The molecule has 0 fully saturated rings. The number of benzene rings is 1. The first-order valence-corrected chi connectivity index (χ1v) is 7.70. The summed E-state index contributed by atoms with van der Waals surface area (Å²) in [6, 6.07) is 12.7. The Bertz CT molecular complexity index is 564. The van der Waals surface area contributed by atoms with Crippen molar-refractivity contribution in [1.29, 1.82) is 0 Å². The lowest BCUT2D eigenvalue weighted by Crippen LogP contribution is -2.31. The average Bonchev–Trinajstić information content (AvgIpc) is 2.42. The van der Waals surface area contributed by atoms with E-state index in [9.17, 15) is 0 Å². The molecule has 0 unspecified atom stereocenters. The van der Waals surface area contributed by atoms with Gasteiger partial charge in [-0.05, 0) is 66.7 Å². The monoisotopic (exact) mass is 332 g/mol. The molecule has 0 aliphatic heterocycles. The van der Waals surface area contributed by atoms with Crippen LogP contribution in [0.5, 0.6) is 0 Å². The topological polar surface area (TPSA) is 24.9 Å². The van der Waals surface area contributed by atoms with Crippen LogP contribution >= 0.6 is 15.9 Å². The molecule has 0 aliphatic rings. The van der Waals surface area contributed by atoms with E-state index in [0.29, 0.717) is 0 Å². The molecule has 2 aromatic rings. The lowest BCUT2D eigenvalue weighted by molar-refractivity contribution is 0.516. The first-order valence-electron chi connectivity index (χ1n) is 6.90. The number of nitrogens with one attached hydrogen (secondary N) is 1.